The lowest BCUT2D eigenvalue weighted by Gasteiger charge is -2.10. The lowest BCUT2D eigenvalue weighted by atomic mass is 10.1. The molecule has 2 aromatic rings. The van der Waals surface area contributed by atoms with E-state index >= 15 is 0 Å². The van der Waals surface area contributed by atoms with Gasteiger partial charge in [-0.05, 0) is 55.0 Å². The second-order valence-corrected chi connectivity index (χ2v) is 5.61. The average Bonchev–Trinajstić information content (AvgIpc) is 2.66. The third-order valence-electron chi connectivity index (χ3n) is 3.63. The quantitative estimate of drug-likeness (QED) is 0.512. The zero-order chi connectivity index (χ0) is 20.7. The number of benzene rings is 2. The molecular formula is C20H18F2O6. The van der Waals surface area contributed by atoms with Gasteiger partial charge < -0.3 is 19.3 Å². The van der Waals surface area contributed by atoms with E-state index in [1.54, 1.807) is 0 Å². The fourth-order valence-electron chi connectivity index (χ4n) is 2.20. The molecule has 0 bridgehead atoms. The maximum Gasteiger partial charge on any atom is 0.387 e. The number of methoxy groups -OCH3 is 1. The minimum absolute atomic E-state index is 0.104. The molecule has 2 rings (SSSR count). The van der Waals surface area contributed by atoms with Crippen LogP contribution in [0.2, 0.25) is 0 Å². The van der Waals surface area contributed by atoms with E-state index in [-0.39, 0.29) is 17.3 Å². The van der Waals surface area contributed by atoms with Crippen LogP contribution in [0, 0.1) is 0 Å². The normalized spacial score (nSPS) is 12.0. The summed E-state index contributed by atoms with van der Waals surface area (Å²) < 4.78 is 39.2. The summed E-state index contributed by atoms with van der Waals surface area (Å²) >= 11 is 0. The van der Waals surface area contributed by atoms with E-state index in [9.17, 15) is 18.4 Å². The van der Waals surface area contributed by atoms with Crippen molar-refractivity contribution in [3.8, 4) is 17.2 Å². The van der Waals surface area contributed by atoms with Gasteiger partial charge in [-0.1, -0.05) is 12.1 Å². The first-order chi connectivity index (χ1) is 13.3. The summed E-state index contributed by atoms with van der Waals surface area (Å²) in [5.41, 5.74) is 0.929. The van der Waals surface area contributed by atoms with Gasteiger partial charge in [-0.2, -0.15) is 8.78 Å². The minimum Gasteiger partial charge on any atom is -0.493 e. The van der Waals surface area contributed by atoms with Crippen LogP contribution in [-0.4, -0.2) is 36.7 Å². The van der Waals surface area contributed by atoms with Gasteiger partial charge in [0, 0.05) is 5.56 Å². The highest BCUT2D eigenvalue weighted by Gasteiger charge is 2.13. The van der Waals surface area contributed by atoms with E-state index in [4.69, 9.17) is 14.6 Å². The number of carboxylic acid groups (broad SMARTS) is 1. The van der Waals surface area contributed by atoms with Crippen molar-refractivity contribution in [2.75, 3.05) is 7.11 Å². The van der Waals surface area contributed by atoms with Crippen molar-refractivity contribution in [2.45, 2.75) is 19.6 Å². The lowest BCUT2D eigenvalue weighted by Crippen LogP contribution is -2.22. The number of hydrogen-bond acceptors (Lipinski definition) is 5. The van der Waals surface area contributed by atoms with Gasteiger partial charge in [0.25, 0.3) is 0 Å². The maximum atomic E-state index is 12.3. The minimum atomic E-state index is -2.97. The number of allylic oxidation sites excluding steroid dienone is 1. The van der Waals surface area contributed by atoms with Gasteiger partial charge in [0.1, 0.15) is 5.75 Å². The van der Waals surface area contributed by atoms with Gasteiger partial charge in [0.15, 0.2) is 23.4 Å². The zero-order valence-electron chi connectivity index (χ0n) is 15.1. The SMILES string of the molecule is COc1cc(/C=C/C(=O)c2ccc(OC(C)C(=O)O)cc2)ccc1OC(F)F. The largest absolute Gasteiger partial charge is 0.493 e. The highest BCUT2D eigenvalue weighted by molar-refractivity contribution is 6.06. The Balaban J connectivity index is 2.07. The highest BCUT2D eigenvalue weighted by atomic mass is 19.3. The Labute approximate surface area is 160 Å². The molecule has 148 valence electrons. The Morgan fingerprint density at radius 2 is 1.71 bits per heavy atom. The maximum absolute atomic E-state index is 12.3. The smallest absolute Gasteiger partial charge is 0.387 e. The van der Waals surface area contributed by atoms with Crippen LogP contribution in [0.4, 0.5) is 8.78 Å². The Bertz CT molecular complexity index is 861. The lowest BCUT2D eigenvalue weighted by molar-refractivity contribution is -0.144. The molecule has 0 aromatic heterocycles. The topological polar surface area (TPSA) is 82.1 Å². The van der Waals surface area contributed by atoms with Gasteiger partial charge in [-0.15, -0.1) is 0 Å². The Hall–Kier alpha value is -3.42. The molecule has 0 spiro atoms. The molecule has 1 unspecified atom stereocenters. The van der Waals surface area contributed by atoms with Crippen LogP contribution >= 0.6 is 0 Å². The molecule has 0 aliphatic carbocycles. The molecule has 1 atom stereocenters. The summed E-state index contributed by atoms with van der Waals surface area (Å²) in [6.45, 7) is -1.57. The fraction of sp³-hybridized carbons (Fsp3) is 0.200. The van der Waals surface area contributed by atoms with Crippen LogP contribution in [0.1, 0.15) is 22.8 Å². The Morgan fingerprint density at radius 1 is 1.04 bits per heavy atom. The number of carbonyl (C=O) groups is 2. The molecule has 0 saturated heterocycles. The highest BCUT2D eigenvalue weighted by Crippen LogP contribution is 2.30. The fourth-order valence-corrected chi connectivity index (χ4v) is 2.20. The summed E-state index contributed by atoms with van der Waals surface area (Å²) in [6.07, 6.45) is 1.82. The molecule has 6 nitrogen and oxygen atoms in total. The second-order valence-electron chi connectivity index (χ2n) is 5.61. The number of halogens is 2. The molecule has 0 fully saturated rings. The molecule has 8 heteroatoms. The number of ether oxygens (including phenoxy) is 3. The molecule has 1 N–H and O–H groups in total. The molecule has 0 radical (unpaired) electrons. The van der Waals surface area contributed by atoms with E-state index in [0.29, 0.717) is 16.9 Å². The predicted octanol–water partition coefficient (Wildman–Crippen LogP) is 4.04. The third kappa shape index (κ3) is 5.80. The molecule has 0 saturated carbocycles. The van der Waals surface area contributed by atoms with Gasteiger partial charge in [0.2, 0.25) is 0 Å². The number of aliphatic carboxylic acids is 1. The standard InChI is InChI=1S/C20H18F2O6/c1-12(19(24)25)27-15-7-5-14(6-8-15)16(23)9-3-13-4-10-17(28-20(21)22)18(11-13)26-2/h3-12,20H,1-2H3,(H,24,25)/b9-3+. The van der Waals surface area contributed by atoms with Crippen molar-refractivity contribution in [2.24, 2.45) is 0 Å². The Kier molecular flexibility index (Phi) is 7.08. The van der Waals surface area contributed by atoms with E-state index in [1.165, 1.54) is 68.7 Å². The van der Waals surface area contributed by atoms with Crippen molar-refractivity contribution in [3.63, 3.8) is 0 Å². The first-order valence-corrected chi connectivity index (χ1v) is 8.15. The Morgan fingerprint density at radius 3 is 2.29 bits per heavy atom. The zero-order valence-corrected chi connectivity index (χ0v) is 15.1. The third-order valence-corrected chi connectivity index (χ3v) is 3.63. The van der Waals surface area contributed by atoms with Crippen LogP contribution in [0.25, 0.3) is 6.08 Å². The molecular weight excluding hydrogens is 374 g/mol. The summed E-state index contributed by atoms with van der Waals surface area (Å²) in [4.78, 5) is 23.0. The van der Waals surface area contributed by atoms with Crippen molar-refractivity contribution in [1.29, 1.82) is 0 Å². The molecule has 0 heterocycles. The van der Waals surface area contributed by atoms with Crippen molar-refractivity contribution in [3.05, 3.63) is 59.7 Å². The average molecular weight is 392 g/mol. The number of carbonyl (C=O) groups excluding carboxylic acids is 1. The van der Waals surface area contributed by atoms with E-state index in [2.05, 4.69) is 4.74 Å². The molecule has 2 aromatic carbocycles. The van der Waals surface area contributed by atoms with Crippen LogP contribution in [-0.2, 0) is 4.79 Å². The van der Waals surface area contributed by atoms with Gasteiger partial charge in [-0.25, -0.2) is 4.79 Å². The predicted molar refractivity (Wildman–Crippen MR) is 97.2 cm³/mol. The first-order valence-electron chi connectivity index (χ1n) is 8.15. The summed E-state index contributed by atoms with van der Waals surface area (Å²) in [5.74, 6) is -1.06. The van der Waals surface area contributed by atoms with E-state index in [1.807, 2.05) is 0 Å². The number of rotatable bonds is 9. The second kappa shape index (κ2) is 9.50. The summed E-state index contributed by atoms with van der Waals surface area (Å²) in [7, 11) is 1.32. The number of hydrogen-bond donors (Lipinski definition) is 1. The van der Waals surface area contributed by atoms with Gasteiger partial charge in [0.05, 0.1) is 7.11 Å². The number of carboxylic acids is 1. The monoisotopic (exact) mass is 392 g/mol. The van der Waals surface area contributed by atoms with Crippen molar-refractivity contribution >= 4 is 17.8 Å². The van der Waals surface area contributed by atoms with Crippen molar-refractivity contribution in [1.82, 2.24) is 0 Å². The van der Waals surface area contributed by atoms with Crippen LogP contribution in [0.3, 0.4) is 0 Å². The van der Waals surface area contributed by atoms with Gasteiger partial charge in [-0.3, -0.25) is 4.79 Å². The van der Waals surface area contributed by atoms with Crippen LogP contribution < -0.4 is 14.2 Å². The summed E-state index contributed by atoms with van der Waals surface area (Å²) in [5, 5.41) is 8.82. The molecule has 0 aliphatic rings. The van der Waals surface area contributed by atoms with Crippen molar-refractivity contribution < 1.29 is 37.7 Å². The molecule has 0 aliphatic heterocycles. The molecule has 28 heavy (non-hydrogen) atoms. The van der Waals surface area contributed by atoms with Crippen LogP contribution in [0.5, 0.6) is 17.2 Å². The number of alkyl halides is 2. The van der Waals surface area contributed by atoms with Crippen LogP contribution in [0.15, 0.2) is 48.5 Å². The number of ketones is 1. The van der Waals surface area contributed by atoms with E-state index in [0.717, 1.165) is 0 Å². The first kappa shape index (κ1) is 20.9. The van der Waals surface area contributed by atoms with Gasteiger partial charge >= 0.3 is 12.6 Å². The molecule has 0 amide bonds. The van der Waals surface area contributed by atoms with E-state index < -0.39 is 18.7 Å². The summed E-state index contributed by atoms with van der Waals surface area (Å²) in [6, 6.07) is 10.3.